The normalized spacial score (nSPS) is 13.0. The van der Waals surface area contributed by atoms with E-state index in [9.17, 15) is 0 Å². The summed E-state index contributed by atoms with van der Waals surface area (Å²) >= 11 is 3.36. The van der Waals surface area contributed by atoms with Gasteiger partial charge < -0.3 is 15.0 Å². The second kappa shape index (κ2) is 4.20. The predicted octanol–water partition coefficient (Wildman–Crippen LogP) is 2.32. The first kappa shape index (κ1) is 10.4. The number of hydrogen-bond donors (Lipinski definition) is 1. The first-order valence-electron chi connectivity index (χ1n) is 4.60. The van der Waals surface area contributed by atoms with Crippen LogP contribution in [0.5, 0.6) is 5.88 Å². The number of nitrogens with zero attached hydrogens (tertiary/aromatic N) is 1. The fourth-order valence-corrected chi connectivity index (χ4v) is 1.54. The molecule has 0 fully saturated rings. The Morgan fingerprint density at radius 1 is 1.60 bits per heavy atom. The van der Waals surface area contributed by atoms with E-state index in [-0.39, 0.29) is 6.04 Å². The summed E-state index contributed by atoms with van der Waals surface area (Å²) in [7, 11) is 0. The molecule has 4 nitrogen and oxygen atoms in total. The summed E-state index contributed by atoms with van der Waals surface area (Å²) in [5, 5.41) is 4.69. The lowest BCUT2D eigenvalue weighted by atomic mass is 10.3. The second-order valence-corrected chi connectivity index (χ2v) is 4.33. The topological polar surface area (TPSA) is 61.3 Å². The molecule has 0 aliphatic heterocycles. The Balaban J connectivity index is 2.29. The largest absolute Gasteiger partial charge is 0.473 e. The minimum Gasteiger partial charge on any atom is -0.473 e. The van der Waals surface area contributed by atoms with Gasteiger partial charge in [0.25, 0.3) is 5.88 Å². The molecule has 1 unspecified atom stereocenters. The van der Waals surface area contributed by atoms with Gasteiger partial charge in [-0.05, 0) is 30.3 Å². The lowest BCUT2D eigenvalue weighted by Crippen LogP contribution is -2.23. The van der Waals surface area contributed by atoms with Crippen LogP contribution in [0.1, 0.15) is 6.92 Å². The van der Waals surface area contributed by atoms with Crippen molar-refractivity contribution in [2.45, 2.75) is 13.0 Å². The van der Waals surface area contributed by atoms with E-state index in [1.807, 2.05) is 25.1 Å². The molecular formula is C10H11BrN2O2. The highest BCUT2D eigenvalue weighted by molar-refractivity contribution is 9.10. The molecule has 2 N–H and O–H groups in total. The molecule has 1 atom stereocenters. The van der Waals surface area contributed by atoms with Gasteiger partial charge in [0.05, 0.1) is 5.39 Å². The summed E-state index contributed by atoms with van der Waals surface area (Å²) in [4.78, 5) is 0. The van der Waals surface area contributed by atoms with E-state index in [1.54, 1.807) is 0 Å². The van der Waals surface area contributed by atoms with Crippen LogP contribution in [-0.4, -0.2) is 17.8 Å². The molecule has 0 aliphatic rings. The van der Waals surface area contributed by atoms with Gasteiger partial charge in [0, 0.05) is 10.5 Å². The number of benzene rings is 1. The molecule has 2 rings (SSSR count). The number of halogens is 1. The molecule has 1 aromatic carbocycles. The summed E-state index contributed by atoms with van der Waals surface area (Å²) in [5.41, 5.74) is 6.28. The summed E-state index contributed by atoms with van der Waals surface area (Å²) in [6.45, 7) is 2.30. The van der Waals surface area contributed by atoms with E-state index >= 15 is 0 Å². The lowest BCUT2D eigenvalue weighted by Gasteiger charge is -2.04. The van der Waals surface area contributed by atoms with E-state index in [0.717, 1.165) is 9.86 Å². The van der Waals surface area contributed by atoms with Crippen molar-refractivity contribution in [2.75, 3.05) is 6.61 Å². The smallest absolute Gasteiger partial charge is 0.262 e. The highest BCUT2D eigenvalue weighted by Gasteiger charge is 2.09. The van der Waals surface area contributed by atoms with E-state index in [1.165, 1.54) is 0 Å². The van der Waals surface area contributed by atoms with Gasteiger partial charge in [-0.3, -0.25) is 0 Å². The second-order valence-electron chi connectivity index (χ2n) is 3.42. The number of aromatic nitrogens is 1. The van der Waals surface area contributed by atoms with Gasteiger partial charge in [0.1, 0.15) is 6.61 Å². The minimum atomic E-state index is -0.0211. The van der Waals surface area contributed by atoms with Crippen LogP contribution in [0.15, 0.2) is 27.2 Å². The van der Waals surface area contributed by atoms with Crippen molar-refractivity contribution in [1.29, 1.82) is 0 Å². The van der Waals surface area contributed by atoms with Gasteiger partial charge in [0.15, 0.2) is 5.58 Å². The fourth-order valence-electron chi connectivity index (χ4n) is 1.20. The highest BCUT2D eigenvalue weighted by Crippen LogP contribution is 2.27. The lowest BCUT2D eigenvalue weighted by molar-refractivity contribution is 0.268. The van der Waals surface area contributed by atoms with Crippen molar-refractivity contribution in [2.24, 2.45) is 5.73 Å². The van der Waals surface area contributed by atoms with Gasteiger partial charge in [-0.25, -0.2) is 0 Å². The van der Waals surface area contributed by atoms with E-state index in [4.69, 9.17) is 15.0 Å². The van der Waals surface area contributed by atoms with E-state index < -0.39 is 0 Å². The van der Waals surface area contributed by atoms with Crippen LogP contribution in [0.4, 0.5) is 0 Å². The number of hydrogen-bond acceptors (Lipinski definition) is 4. The molecule has 2 aromatic rings. The monoisotopic (exact) mass is 270 g/mol. The SMILES string of the molecule is CC(N)COc1noc2cc(Br)ccc12. The summed E-state index contributed by atoms with van der Waals surface area (Å²) < 4.78 is 11.5. The standard InChI is InChI=1S/C10H11BrN2O2/c1-6(12)5-14-10-8-3-2-7(11)4-9(8)15-13-10/h2-4,6H,5,12H2,1H3. The highest BCUT2D eigenvalue weighted by atomic mass is 79.9. The van der Waals surface area contributed by atoms with Crippen LogP contribution < -0.4 is 10.5 Å². The Hall–Kier alpha value is -1.07. The third kappa shape index (κ3) is 2.30. The number of ether oxygens (including phenoxy) is 1. The molecule has 0 amide bonds. The maximum absolute atomic E-state index is 5.59. The van der Waals surface area contributed by atoms with Crippen molar-refractivity contribution in [3.8, 4) is 5.88 Å². The van der Waals surface area contributed by atoms with Crippen molar-refractivity contribution in [3.05, 3.63) is 22.7 Å². The zero-order valence-corrected chi connectivity index (χ0v) is 9.82. The predicted molar refractivity (Wildman–Crippen MR) is 60.9 cm³/mol. The molecule has 0 aliphatic carbocycles. The van der Waals surface area contributed by atoms with Crippen LogP contribution in [-0.2, 0) is 0 Å². The molecule has 15 heavy (non-hydrogen) atoms. The number of fused-ring (bicyclic) bond motifs is 1. The Labute approximate surface area is 95.5 Å². The van der Waals surface area contributed by atoms with Gasteiger partial charge >= 0.3 is 0 Å². The van der Waals surface area contributed by atoms with Crippen LogP contribution in [0.25, 0.3) is 11.0 Å². The first-order valence-corrected chi connectivity index (χ1v) is 5.39. The number of rotatable bonds is 3. The molecule has 1 aromatic heterocycles. The average molecular weight is 271 g/mol. The zero-order valence-electron chi connectivity index (χ0n) is 8.24. The van der Waals surface area contributed by atoms with Crippen molar-refractivity contribution in [3.63, 3.8) is 0 Å². The quantitative estimate of drug-likeness (QED) is 0.930. The molecular weight excluding hydrogens is 260 g/mol. The Kier molecular flexibility index (Phi) is 2.93. The van der Waals surface area contributed by atoms with Crippen LogP contribution in [0.2, 0.25) is 0 Å². The molecule has 1 heterocycles. The molecule has 5 heteroatoms. The fraction of sp³-hybridized carbons (Fsp3) is 0.300. The summed E-state index contributed by atoms with van der Waals surface area (Å²) in [5.74, 6) is 0.495. The van der Waals surface area contributed by atoms with Crippen molar-refractivity contribution in [1.82, 2.24) is 5.16 Å². The third-order valence-electron chi connectivity index (χ3n) is 1.88. The Bertz CT molecular complexity index is 467. The minimum absolute atomic E-state index is 0.0211. The summed E-state index contributed by atoms with van der Waals surface area (Å²) in [6, 6.07) is 5.64. The molecule has 0 saturated carbocycles. The molecule has 0 radical (unpaired) electrons. The van der Waals surface area contributed by atoms with Gasteiger partial charge in [-0.2, -0.15) is 0 Å². The van der Waals surface area contributed by atoms with Crippen LogP contribution >= 0.6 is 15.9 Å². The van der Waals surface area contributed by atoms with E-state index in [2.05, 4.69) is 21.1 Å². The molecule has 0 spiro atoms. The Morgan fingerprint density at radius 2 is 2.40 bits per heavy atom. The molecule has 0 bridgehead atoms. The van der Waals surface area contributed by atoms with Crippen LogP contribution in [0, 0.1) is 0 Å². The molecule has 0 saturated heterocycles. The van der Waals surface area contributed by atoms with Crippen molar-refractivity contribution < 1.29 is 9.26 Å². The van der Waals surface area contributed by atoms with Gasteiger partial charge in [-0.15, -0.1) is 0 Å². The third-order valence-corrected chi connectivity index (χ3v) is 2.38. The van der Waals surface area contributed by atoms with Gasteiger partial charge in [-0.1, -0.05) is 15.9 Å². The van der Waals surface area contributed by atoms with Crippen LogP contribution in [0.3, 0.4) is 0 Å². The average Bonchev–Trinajstić information content (AvgIpc) is 2.57. The van der Waals surface area contributed by atoms with Gasteiger partial charge in [0.2, 0.25) is 0 Å². The maximum Gasteiger partial charge on any atom is 0.262 e. The zero-order chi connectivity index (χ0) is 10.8. The van der Waals surface area contributed by atoms with E-state index in [0.29, 0.717) is 18.1 Å². The maximum atomic E-state index is 5.59. The van der Waals surface area contributed by atoms with Crippen molar-refractivity contribution >= 4 is 26.9 Å². The number of nitrogens with two attached hydrogens (primary N) is 1. The summed E-state index contributed by atoms with van der Waals surface area (Å²) in [6.07, 6.45) is 0. The molecule has 80 valence electrons. The first-order chi connectivity index (χ1) is 7.16. The Morgan fingerprint density at radius 3 is 3.13 bits per heavy atom.